The smallest absolute Gasteiger partial charge is 0.166 e. The van der Waals surface area contributed by atoms with Crippen LogP contribution in [0, 0.1) is 0 Å². The van der Waals surface area contributed by atoms with Crippen molar-refractivity contribution in [1.82, 2.24) is 5.32 Å². The van der Waals surface area contributed by atoms with Crippen molar-refractivity contribution in [3.05, 3.63) is 71.3 Å². The van der Waals surface area contributed by atoms with Crippen LogP contribution >= 0.6 is 0 Å². The highest BCUT2D eigenvalue weighted by Crippen LogP contribution is 2.32. The highest BCUT2D eigenvalue weighted by Gasteiger charge is 2.11. The minimum absolute atomic E-state index is 0.543. The molecule has 138 valence electrons. The van der Waals surface area contributed by atoms with E-state index >= 15 is 0 Å². The fraction of sp³-hybridized carbons (Fsp3) is 0.391. The molecule has 0 amide bonds. The maximum Gasteiger partial charge on any atom is 0.166 e. The number of nitrogens with one attached hydrogen (secondary N) is 1. The van der Waals surface area contributed by atoms with Crippen molar-refractivity contribution in [2.24, 2.45) is 0 Å². The fourth-order valence-electron chi connectivity index (χ4n) is 3.36. The van der Waals surface area contributed by atoms with Crippen LogP contribution in [0.25, 0.3) is 0 Å². The van der Waals surface area contributed by atoms with E-state index in [9.17, 15) is 0 Å². The number of methoxy groups -OCH3 is 1. The molecule has 0 heterocycles. The monoisotopic (exact) mass is 351 g/mol. The minimum Gasteiger partial charge on any atom is -0.493 e. The van der Waals surface area contributed by atoms with Crippen LogP contribution in [0.3, 0.4) is 0 Å². The molecule has 3 nitrogen and oxygen atoms in total. The summed E-state index contributed by atoms with van der Waals surface area (Å²) in [4.78, 5) is 0. The molecule has 0 spiro atoms. The largest absolute Gasteiger partial charge is 0.493 e. The van der Waals surface area contributed by atoms with Crippen LogP contribution < -0.4 is 14.8 Å². The number of para-hydroxylation sites is 1. The van der Waals surface area contributed by atoms with Crippen molar-refractivity contribution >= 4 is 0 Å². The van der Waals surface area contributed by atoms with Gasteiger partial charge in [0.1, 0.15) is 6.61 Å². The van der Waals surface area contributed by atoms with Gasteiger partial charge in [-0.1, -0.05) is 54.1 Å². The molecule has 0 aromatic heterocycles. The molecular formula is C23H29NO2. The van der Waals surface area contributed by atoms with Gasteiger partial charge >= 0.3 is 0 Å². The fourth-order valence-corrected chi connectivity index (χ4v) is 3.36. The Morgan fingerprint density at radius 1 is 1.00 bits per heavy atom. The van der Waals surface area contributed by atoms with Crippen LogP contribution in [-0.2, 0) is 13.2 Å². The third kappa shape index (κ3) is 5.37. The van der Waals surface area contributed by atoms with E-state index in [1.807, 2.05) is 30.3 Å². The SMILES string of the molecule is COc1cccc(CNCCC2=CCCCC2)c1OCc1ccccc1. The van der Waals surface area contributed by atoms with Crippen molar-refractivity contribution in [1.29, 1.82) is 0 Å². The van der Waals surface area contributed by atoms with E-state index in [0.717, 1.165) is 42.1 Å². The molecular weight excluding hydrogens is 322 g/mol. The van der Waals surface area contributed by atoms with Crippen LogP contribution in [0.1, 0.15) is 43.2 Å². The van der Waals surface area contributed by atoms with Gasteiger partial charge in [-0.15, -0.1) is 0 Å². The maximum atomic E-state index is 6.12. The standard InChI is InChI=1S/C23H29NO2/c1-25-22-14-8-13-21(17-24-16-15-19-9-4-2-5-10-19)23(22)26-18-20-11-6-3-7-12-20/h3,6-9,11-14,24H,2,4-5,10,15-18H2,1H3. The zero-order valence-corrected chi connectivity index (χ0v) is 15.7. The Morgan fingerprint density at radius 2 is 1.88 bits per heavy atom. The van der Waals surface area contributed by atoms with Gasteiger partial charge in [0, 0.05) is 12.1 Å². The lowest BCUT2D eigenvalue weighted by Crippen LogP contribution is -2.16. The summed E-state index contributed by atoms with van der Waals surface area (Å²) in [6, 6.07) is 16.3. The van der Waals surface area contributed by atoms with Crippen LogP contribution in [0.15, 0.2) is 60.2 Å². The second-order valence-electron chi connectivity index (χ2n) is 6.76. The molecule has 0 aliphatic heterocycles. The third-order valence-corrected chi connectivity index (χ3v) is 4.83. The Hall–Kier alpha value is -2.26. The van der Waals surface area contributed by atoms with E-state index in [2.05, 4.69) is 29.6 Å². The molecule has 2 aromatic rings. The van der Waals surface area contributed by atoms with E-state index in [0.29, 0.717) is 6.61 Å². The molecule has 0 radical (unpaired) electrons. The van der Waals surface area contributed by atoms with Gasteiger partial charge in [0.05, 0.1) is 7.11 Å². The Labute approximate surface area is 157 Å². The normalized spacial score (nSPS) is 14.0. The maximum absolute atomic E-state index is 6.12. The van der Waals surface area contributed by atoms with Gasteiger partial charge in [-0.2, -0.15) is 0 Å². The van der Waals surface area contributed by atoms with E-state index in [1.54, 1.807) is 12.7 Å². The lowest BCUT2D eigenvalue weighted by molar-refractivity contribution is 0.280. The summed E-state index contributed by atoms with van der Waals surface area (Å²) in [7, 11) is 1.69. The predicted octanol–water partition coefficient (Wildman–Crippen LogP) is 5.25. The van der Waals surface area contributed by atoms with E-state index in [-0.39, 0.29) is 0 Å². The summed E-state index contributed by atoms with van der Waals surface area (Å²) >= 11 is 0. The van der Waals surface area contributed by atoms with Gasteiger partial charge in [-0.3, -0.25) is 0 Å². The quantitative estimate of drug-likeness (QED) is 0.494. The van der Waals surface area contributed by atoms with Crippen molar-refractivity contribution in [2.75, 3.05) is 13.7 Å². The number of allylic oxidation sites excluding steroid dienone is 1. The van der Waals surface area contributed by atoms with Gasteiger partial charge < -0.3 is 14.8 Å². The molecule has 3 heteroatoms. The number of ether oxygens (including phenoxy) is 2. The number of benzene rings is 2. The minimum atomic E-state index is 0.543. The lowest BCUT2D eigenvalue weighted by atomic mass is 9.97. The second-order valence-corrected chi connectivity index (χ2v) is 6.76. The Balaban J connectivity index is 1.58. The first-order valence-electron chi connectivity index (χ1n) is 9.58. The molecule has 1 aliphatic carbocycles. The van der Waals surface area contributed by atoms with Crippen molar-refractivity contribution in [3.63, 3.8) is 0 Å². The van der Waals surface area contributed by atoms with Crippen LogP contribution in [0.2, 0.25) is 0 Å². The first-order valence-corrected chi connectivity index (χ1v) is 9.58. The van der Waals surface area contributed by atoms with Gasteiger partial charge in [0.15, 0.2) is 11.5 Å². The summed E-state index contributed by atoms with van der Waals surface area (Å²) in [5, 5.41) is 3.56. The highest BCUT2D eigenvalue weighted by atomic mass is 16.5. The molecule has 0 atom stereocenters. The second kappa shape index (κ2) is 10.0. The third-order valence-electron chi connectivity index (χ3n) is 4.83. The molecule has 26 heavy (non-hydrogen) atoms. The molecule has 1 aliphatic rings. The zero-order chi connectivity index (χ0) is 18.0. The van der Waals surface area contributed by atoms with Crippen LogP contribution in [0.4, 0.5) is 0 Å². The highest BCUT2D eigenvalue weighted by molar-refractivity contribution is 5.46. The van der Waals surface area contributed by atoms with Gasteiger partial charge in [0.25, 0.3) is 0 Å². The van der Waals surface area contributed by atoms with Gasteiger partial charge in [-0.25, -0.2) is 0 Å². The average molecular weight is 351 g/mol. The van der Waals surface area contributed by atoms with Crippen LogP contribution in [-0.4, -0.2) is 13.7 Å². The molecule has 0 fully saturated rings. The molecule has 0 saturated carbocycles. The first kappa shape index (κ1) is 18.5. The van der Waals surface area contributed by atoms with E-state index in [1.165, 1.54) is 25.7 Å². The molecule has 2 aromatic carbocycles. The Kier molecular flexibility index (Phi) is 7.15. The molecule has 3 rings (SSSR count). The molecule has 1 N–H and O–H groups in total. The Bertz CT molecular complexity index is 709. The Morgan fingerprint density at radius 3 is 2.65 bits per heavy atom. The topological polar surface area (TPSA) is 30.5 Å². The molecule has 0 unspecified atom stereocenters. The number of rotatable bonds is 9. The first-order chi connectivity index (χ1) is 12.9. The van der Waals surface area contributed by atoms with E-state index < -0.39 is 0 Å². The summed E-state index contributed by atoms with van der Waals surface area (Å²) < 4.78 is 11.6. The van der Waals surface area contributed by atoms with Crippen LogP contribution in [0.5, 0.6) is 11.5 Å². The summed E-state index contributed by atoms with van der Waals surface area (Å²) in [5.41, 5.74) is 3.90. The van der Waals surface area contributed by atoms with Crippen molar-refractivity contribution < 1.29 is 9.47 Å². The van der Waals surface area contributed by atoms with Crippen molar-refractivity contribution in [2.45, 2.75) is 45.3 Å². The average Bonchev–Trinajstić information content (AvgIpc) is 2.71. The number of hydrogen-bond donors (Lipinski definition) is 1. The van der Waals surface area contributed by atoms with Gasteiger partial charge in [-0.05, 0) is 50.3 Å². The lowest BCUT2D eigenvalue weighted by Gasteiger charge is -2.16. The summed E-state index contributed by atoms with van der Waals surface area (Å²) in [6.45, 7) is 2.33. The summed E-state index contributed by atoms with van der Waals surface area (Å²) in [5.74, 6) is 1.62. The van der Waals surface area contributed by atoms with E-state index in [4.69, 9.17) is 9.47 Å². The number of hydrogen-bond acceptors (Lipinski definition) is 3. The molecule has 0 saturated heterocycles. The van der Waals surface area contributed by atoms with Gasteiger partial charge in [0.2, 0.25) is 0 Å². The predicted molar refractivity (Wildman–Crippen MR) is 107 cm³/mol. The zero-order valence-electron chi connectivity index (χ0n) is 15.7. The molecule has 0 bridgehead atoms. The van der Waals surface area contributed by atoms with Crippen molar-refractivity contribution in [3.8, 4) is 11.5 Å². The summed E-state index contributed by atoms with van der Waals surface area (Å²) in [6.07, 6.45) is 8.78.